The second-order valence-corrected chi connectivity index (χ2v) is 7.14. The highest BCUT2D eigenvalue weighted by Gasteiger charge is 2.35. The lowest BCUT2D eigenvalue weighted by Crippen LogP contribution is -2.32. The van der Waals surface area contributed by atoms with Gasteiger partial charge in [-0.2, -0.15) is 0 Å². The standard InChI is InChI=1S/C20H21ClN2O5/c1-13(14-4-2-5-16(21)8-14)22-18(24)12-28-20(26)15-9-19(25)23(10-15)11-17-6-3-7-27-17/h2-8,13,15H,9-12H2,1H3,(H,22,24)/t13-,15+/m1/s1. The second kappa shape index (κ2) is 8.93. The average molecular weight is 405 g/mol. The van der Waals surface area contributed by atoms with Crippen LogP contribution in [0.4, 0.5) is 0 Å². The molecule has 1 aliphatic heterocycles. The fraction of sp³-hybridized carbons (Fsp3) is 0.350. The largest absolute Gasteiger partial charge is 0.467 e. The molecule has 8 heteroatoms. The second-order valence-electron chi connectivity index (χ2n) is 6.71. The van der Waals surface area contributed by atoms with E-state index in [2.05, 4.69) is 5.32 Å². The van der Waals surface area contributed by atoms with Crippen LogP contribution < -0.4 is 5.32 Å². The molecule has 7 nitrogen and oxygen atoms in total. The van der Waals surface area contributed by atoms with Gasteiger partial charge in [0.25, 0.3) is 5.91 Å². The summed E-state index contributed by atoms with van der Waals surface area (Å²) in [6.45, 7) is 1.98. The maximum atomic E-state index is 12.2. The maximum absolute atomic E-state index is 12.2. The Labute approximate surface area is 167 Å². The number of nitrogens with one attached hydrogen (secondary N) is 1. The summed E-state index contributed by atoms with van der Waals surface area (Å²) in [5, 5.41) is 3.33. The molecule has 148 valence electrons. The maximum Gasteiger partial charge on any atom is 0.311 e. The first kappa shape index (κ1) is 19.9. The molecular formula is C20H21ClN2O5. The third-order valence-electron chi connectivity index (χ3n) is 4.55. The highest BCUT2D eigenvalue weighted by molar-refractivity contribution is 6.30. The van der Waals surface area contributed by atoms with Crippen LogP contribution in [0.5, 0.6) is 0 Å². The fourth-order valence-corrected chi connectivity index (χ4v) is 3.27. The quantitative estimate of drug-likeness (QED) is 0.717. The van der Waals surface area contributed by atoms with Crippen molar-refractivity contribution >= 4 is 29.4 Å². The van der Waals surface area contributed by atoms with E-state index >= 15 is 0 Å². The van der Waals surface area contributed by atoms with Crippen molar-refractivity contribution in [2.24, 2.45) is 5.92 Å². The van der Waals surface area contributed by atoms with Crippen molar-refractivity contribution in [3.63, 3.8) is 0 Å². The van der Waals surface area contributed by atoms with Gasteiger partial charge in [0.2, 0.25) is 5.91 Å². The number of carbonyl (C=O) groups is 3. The topological polar surface area (TPSA) is 88.8 Å². The minimum Gasteiger partial charge on any atom is -0.467 e. The first-order valence-corrected chi connectivity index (χ1v) is 9.32. The van der Waals surface area contributed by atoms with Crippen molar-refractivity contribution in [2.45, 2.75) is 25.9 Å². The van der Waals surface area contributed by atoms with Gasteiger partial charge in [0.05, 0.1) is 24.8 Å². The highest BCUT2D eigenvalue weighted by atomic mass is 35.5. The molecule has 2 heterocycles. The Morgan fingerprint density at radius 2 is 2.18 bits per heavy atom. The Balaban J connectivity index is 1.44. The molecule has 3 rings (SSSR count). The molecule has 1 fully saturated rings. The molecule has 1 N–H and O–H groups in total. The van der Waals surface area contributed by atoms with Crippen molar-refractivity contribution in [3.05, 3.63) is 59.0 Å². The van der Waals surface area contributed by atoms with E-state index in [1.807, 2.05) is 13.0 Å². The molecule has 0 aliphatic carbocycles. The Bertz CT molecular complexity index is 852. The Morgan fingerprint density at radius 1 is 1.36 bits per heavy atom. The first-order chi connectivity index (χ1) is 13.4. The number of hydrogen-bond donors (Lipinski definition) is 1. The van der Waals surface area contributed by atoms with Crippen LogP contribution in [0.2, 0.25) is 5.02 Å². The van der Waals surface area contributed by atoms with E-state index in [1.54, 1.807) is 35.2 Å². The van der Waals surface area contributed by atoms with Gasteiger partial charge in [0.1, 0.15) is 5.76 Å². The van der Waals surface area contributed by atoms with Gasteiger partial charge in [-0.05, 0) is 36.8 Å². The van der Waals surface area contributed by atoms with E-state index in [9.17, 15) is 14.4 Å². The average Bonchev–Trinajstić information content (AvgIpc) is 3.30. The third kappa shape index (κ3) is 5.13. The van der Waals surface area contributed by atoms with Gasteiger partial charge in [0, 0.05) is 18.0 Å². The zero-order chi connectivity index (χ0) is 20.1. The van der Waals surface area contributed by atoms with E-state index in [-0.39, 0.29) is 24.9 Å². The summed E-state index contributed by atoms with van der Waals surface area (Å²) >= 11 is 5.95. The summed E-state index contributed by atoms with van der Waals surface area (Å²) in [6.07, 6.45) is 1.60. The lowest BCUT2D eigenvalue weighted by Gasteiger charge is -2.16. The predicted octanol–water partition coefficient (Wildman–Crippen LogP) is 2.70. The van der Waals surface area contributed by atoms with Crippen LogP contribution in [0.25, 0.3) is 0 Å². The summed E-state index contributed by atoms with van der Waals surface area (Å²) in [4.78, 5) is 37.9. The number of hydrogen-bond acceptors (Lipinski definition) is 5. The number of esters is 1. The molecule has 0 spiro atoms. The van der Waals surface area contributed by atoms with Gasteiger partial charge in [0.15, 0.2) is 6.61 Å². The summed E-state index contributed by atoms with van der Waals surface area (Å²) in [5.74, 6) is -1.05. The lowest BCUT2D eigenvalue weighted by molar-refractivity contribution is -0.152. The molecular weight excluding hydrogens is 384 g/mol. The molecule has 0 radical (unpaired) electrons. The predicted molar refractivity (Wildman–Crippen MR) is 101 cm³/mol. The van der Waals surface area contributed by atoms with E-state index in [0.717, 1.165) is 5.56 Å². The van der Waals surface area contributed by atoms with Crippen molar-refractivity contribution in [2.75, 3.05) is 13.2 Å². The Kier molecular flexibility index (Phi) is 6.36. The molecule has 0 unspecified atom stereocenters. The van der Waals surface area contributed by atoms with Crippen LogP contribution in [0.15, 0.2) is 47.1 Å². The fourth-order valence-electron chi connectivity index (χ4n) is 3.07. The van der Waals surface area contributed by atoms with Crippen LogP contribution in [0, 0.1) is 5.92 Å². The van der Waals surface area contributed by atoms with Crippen LogP contribution in [-0.2, 0) is 25.7 Å². The molecule has 1 aromatic carbocycles. The van der Waals surface area contributed by atoms with Crippen LogP contribution in [-0.4, -0.2) is 35.8 Å². The zero-order valence-electron chi connectivity index (χ0n) is 15.4. The number of nitrogens with zero attached hydrogens (tertiary/aromatic N) is 1. The minimum atomic E-state index is -0.583. The number of halogens is 1. The third-order valence-corrected chi connectivity index (χ3v) is 4.78. The summed E-state index contributed by atoms with van der Waals surface area (Å²) in [7, 11) is 0. The number of ether oxygens (including phenoxy) is 1. The number of carbonyl (C=O) groups excluding carboxylic acids is 3. The molecule has 1 aliphatic rings. The number of likely N-dealkylation sites (tertiary alicyclic amines) is 1. The summed E-state index contributed by atoms with van der Waals surface area (Å²) in [5.41, 5.74) is 0.849. The smallest absolute Gasteiger partial charge is 0.311 e. The lowest BCUT2D eigenvalue weighted by atomic mass is 10.1. The molecule has 0 saturated carbocycles. The monoisotopic (exact) mass is 404 g/mol. The van der Waals surface area contributed by atoms with Crippen LogP contribution >= 0.6 is 11.6 Å². The molecule has 2 aromatic rings. The molecule has 1 saturated heterocycles. The molecule has 1 aromatic heterocycles. The molecule has 28 heavy (non-hydrogen) atoms. The highest BCUT2D eigenvalue weighted by Crippen LogP contribution is 2.22. The molecule has 0 bridgehead atoms. The van der Waals surface area contributed by atoms with Crippen molar-refractivity contribution < 1.29 is 23.5 Å². The van der Waals surface area contributed by atoms with Crippen LogP contribution in [0.1, 0.15) is 30.7 Å². The zero-order valence-corrected chi connectivity index (χ0v) is 16.1. The van der Waals surface area contributed by atoms with E-state index < -0.39 is 24.4 Å². The summed E-state index contributed by atoms with van der Waals surface area (Å²) in [6, 6.07) is 10.4. The Morgan fingerprint density at radius 3 is 2.89 bits per heavy atom. The van der Waals surface area contributed by atoms with Crippen molar-refractivity contribution in [1.29, 1.82) is 0 Å². The number of amides is 2. The van der Waals surface area contributed by atoms with E-state index in [1.165, 1.54) is 6.26 Å². The van der Waals surface area contributed by atoms with Gasteiger partial charge < -0.3 is 19.4 Å². The van der Waals surface area contributed by atoms with Gasteiger partial charge in [-0.15, -0.1) is 0 Å². The first-order valence-electron chi connectivity index (χ1n) is 8.94. The van der Waals surface area contributed by atoms with Crippen LogP contribution in [0.3, 0.4) is 0 Å². The SMILES string of the molecule is C[C@@H](NC(=O)COC(=O)[C@H]1CC(=O)N(Cc2ccco2)C1)c1cccc(Cl)c1. The van der Waals surface area contributed by atoms with Gasteiger partial charge in [-0.3, -0.25) is 14.4 Å². The molecule has 2 amide bonds. The number of benzene rings is 1. The van der Waals surface area contributed by atoms with Gasteiger partial charge in [-0.25, -0.2) is 0 Å². The van der Waals surface area contributed by atoms with E-state index in [0.29, 0.717) is 17.3 Å². The Hall–Kier alpha value is -2.80. The van der Waals surface area contributed by atoms with Crippen molar-refractivity contribution in [1.82, 2.24) is 10.2 Å². The van der Waals surface area contributed by atoms with Gasteiger partial charge in [-0.1, -0.05) is 23.7 Å². The van der Waals surface area contributed by atoms with Gasteiger partial charge >= 0.3 is 5.97 Å². The van der Waals surface area contributed by atoms with Crippen molar-refractivity contribution in [3.8, 4) is 0 Å². The van der Waals surface area contributed by atoms with E-state index in [4.69, 9.17) is 20.8 Å². The summed E-state index contributed by atoms with van der Waals surface area (Å²) < 4.78 is 10.3. The number of furan rings is 1. The molecule has 2 atom stereocenters. The normalized spacial score (nSPS) is 17.4. The minimum absolute atomic E-state index is 0.0695. The number of rotatable bonds is 7.